The molecule has 2 atom stereocenters. The Morgan fingerprint density at radius 2 is 0.635 bits per heavy atom. The Labute approximate surface area is 462 Å². The highest BCUT2D eigenvalue weighted by Crippen LogP contribution is 2.17. The number of hydrogen-bond donors (Lipinski definition) is 3. The van der Waals surface area contributed by atoms with Crippen molar-refractivity contribution in [2.24, 2.45) is 0 Å². The number of allylic oxidation sites excluding steroid dienone is 5. The van der Waals surface area contributed by atoms with E-state index in [0.717, 1.165) is 51.4 Å². The Kier molecular flexibility index (Phi) is 62.0. The normalized spacial score (nSPS) is 12.8. The molecule has 0 aliphatic heterocycles. The van der Waals surface area contributed by atoms with Crippen molar-refractivity contribution in [1.29, 1.82) is 0 Å². The Morgan fingerprint density at radius 1 is 0.365 bits per heavy atom. The summed E-state index contributed by atoms with van der Waals surface area (Å²) >= 11 is 0. The molecule has 0 aromatic heterocycles. The fourth-order valence-corrected chi connectivity index (χ4v) is 10.3. The third-order valence-corrected chi connectivity index (χ3v) is 15.4. The zero-order valence-electron chi connectivity index (χ0n) is 49.8. The van der Waals surface area contributed by atoms with Crippen LogP contribution < -0.4 is 5.32 Å². The molecular formula is C68H129NO5. The van der Waals surface area contributed by atoms with Crippen LogP contribution in [0.1, 0.15) is 361 Å². The molecule has 6 nitrogen and oxygen atoms in total. The molecule has 0 aromatic carbocycles. The number of aliphatic hydroxyl groups excluding tert-OH is 2. The number of unbranched alkanes of at least 4 members (excludes halogenated alkanes) is 47. The SMILES string of the molecule is CCCCCCCC/C=C\CCCCCCCCCCCC(=O)OCCCCCCCCCCC/C=C\CCCCCCCCCC(=O)NC(CO)C(O)/C=C/CCCCCCCCCCCCCCCCCC. The van der Waals surface area contributed by atoms with Crippen LogP contribution in [0.5, 0.6) is 0 Å². The summed E-state index contributed by atoms with van der Waals surface area (Å²) in [6, 6.07) is -0.635. The minimum absolute atomic E-state index is 0.00550. The number of ether oxygens (including phenoxy) is 1. The van der Waals surface area contributed by atoms with Gasteiger partial charge in [0.05, 0.1) is 25.4 Å². The number of aliphatic hydroxyl groups is 2. The molecule has 74 heavy (non-hydrogen) atoms. The standard InChI is InChI=1S/C68H129NO5/c1-3-5-7-9-11-13-15-17-19-21-25-30-34-38-42-46-50-54-58-62-68(73)74-63-59-55-51-47-43-39-35-31-27-24-23-26-29-33-37-41-45-49-53-57-61-67(72)69-65(64-70)66(71)60-56-52-48-44-40-36-32-28-22-20-18-16-14-12-10-8-6-4-2/h17,19,23,26,56,60,65-66,70-71H,3-16,18,20-22,24-25,27-55,57-59,61-64H2,1-2H3,(H,69,72)/b19-17-,26-23-,60-56+. The lowest BCUT2D eigenvalue weighted by molar-refractivity contribution is -0.143. The number of hydrogen-bond acceptors (Lipinski definition) is 5. The van der Waals surface area contributed by atoms with Crippen molar-refractivity contribution in [1.82, 2.24) is 5.32 Å². The summed E-state index contributed by atoms with van der Waals surface area (Å²) in [5, 5.41) is 23.2. The average molecular weight is 1040 g/mol. The molecule has 0 aliphatic rings. The molecule has 0 saturated carbocycles. The molecule has 6 heteroatoms. The van der Waals surface area contributed by atoms with Crippen molar-refractivity contribution in [2.45, 2.75) is 373 Å². The van der Waals surface area contributed by atoms with Crippen molar-refractivity contribution in [3.05, 3.63) is 36.5 Å². The largest absolute Gasteiger partial charge is 0.466 e. The first-order valence-electron chi connectivity index (χ1n) is 33.3. The Balaban J connectivity index is 3.44. The zero-order chi connectivity index (χ0) is 53.6. The highest BCUT2D eigenvalue weighted by atomic mass is 16.5. The quantitative estimate of drug-likeness (QED) is 0.0320. The monoisotopic (exact) mass is 1040 g/mol. The van der Waals surface area contributed by atoms with E-state index in [4.69, 9.17) is 4.74 Å². The number of rotatable bonds is 62. The minimum atomic E-state index is -0.851. The molecular weight excluding hydrogens is 911 g/mol. The van der Waals surface area contributed by atoms with E-state index in [2.05, 4.69) is 43.5 Å². The van der Waals surface area contributed by atoms with Crippen LogP contribution in [-0.2, 0) is 14.3 Å². The summed E-state index contributed by atoms with van der Waals surface area (Å²) in [5.41, 5.74) is 0. The van der Waals surface area contributed by atoms with Crippen LogP contribution in [0.15, 0.2) is 36.5 Å². The van der Waals surface area contributed by atoms with Gasteiger partial charge in [-0.1, -0.05) is 301 Å². The third kappa shape index (κ3) is 59.3. The lowest BCUT2D eigenvalue weighted by Crippen LogP contribution is -2.45. The van der Waals surface area contributed by atoms with Crippen LogP contribution in [0.3, 0.4) is 0 Å². The van der Waals surface area contributed by atoms with Gasteiger partial charge in [0, 0.05) is 12.8 Å². The molecule has 3 N–H and O–H groups in total. The molecule has 0 radical (unpaired) electrons. The fourth-order valence-electron chi connectivity index (χ4n) is 10.3. The molecule has 0 aliphatic carbocycles. The van der Waals surface area contributed by atoms with Gasteiger partial charge >= 0.3 is 5.97 Å². The van der Waals surface area contributed by atoms with Crippen molar-refractivity contribution >= 4 is 11.9 Å². The zero-order valence-corrected chi connectivity index (χ0v) is 49.8. The topological polar surface area (TPSA) is 95.9 Å². The van der Waals surface area contributed by atoms with E-state index in [1.54, 1.807) is 6.08 Å². The van der Waals surface area contributed by atoms with Crippen LogP contribution >= 0.6 is 0 Å². The van der Waals surface area contributed by atoms with Gasteiger partial charge < -0.3 is 20.3 Å². The van der Waals surface area contributed by atoms with Gasteiger partial charge in [-0.3, -0.25) is 9.59 Å². The molecule has 0 saturated heterocycles. The Hall–Kier alpha value is -1.92. The van der Waals surface area contributed by atoms with Gasteiger partial charge in [0.15, 0.2) is 0 Å². The number of carbonyl (C=O) groups excluding carboxylic acids is 2. The molecule has 0 aromatic rings. The number of nitrogens with one attached hydrogen (secondary N) is 1. The number of esters is 1. The predicted octanol–water partition coefficient (Wildman–Crippen LogP) is 21.1. The lowest BCUT2D eigenvalue weighted by atomic mass is 10.0. The smallest absolute Gasteiger partial charge is 0.305 e. The molecule has 0 spiro atoms. The fraction of sp³-hybridized carbons (Fsp3) is 0.882. The Bertz CT molecular complexity index is 1200. The van der Waals surface area contributed by atoms with Crippen LogP contribution in [-0.4, -0.2) is 47.4 Å². The van der Waals surface area contributed by atoms with Crippen molar-refractivity contribution < 1.29 is 24.5 Å². The van der Waals surface area contributed by atoms with Gasteiger partial charge in [0.2, 0.25) is 5.91 Å². The maximum atomic E-state index is 12.5. The first-order valence-corrected chi connectivity index (χ1v) is 33.3. The van der Waals surface area contributed by atoms with E-state index in [-0.39, 0.29) is 18.5 Å². The molecule has 1 amide bonds. The first-order chi connectivity index (χ1) is 36.5. The summed E-state index contributed by atoms with van der Waals surface area (Å²) in [6.07, 6.45) is 80.5. The molecule has 0 heterocycles. The van der Waals surface area contributed by atoms with Crippen LogP contribution in [0.25, 0.3) is 0 Å². The summed E-state index contributed by atoms with van der Waals surface area (Å²) in [6.45, 7) is 4.91. The van der Waals surface area contributed by atoms with E-state index >= 15 is 0 Å². The van der Waals surface area contributed by atoms with Gasteiger partial charge in [-0.25, -0.2) is 0 Å². The van der Waals surface area contributed by atoms with Gasteiger partial charge in [-0.2, -0.15) is 0 Å². The first kappa shape index (κ1) is 72.1. The van der Waals surface area contributed by atoms with Crippen molar-refractivity contribution in [3.8, 4) is 0 Å². The minimum Gasteiger partial charge on any atom is -0.466 e. The van der Waals surface area contributed by atoms with Gasteiger partial charge in [0.1, 0.15) is 0 Å². The van der Waals surface area contributed by atoms with Crippen LogP contribution in [0.4, 0.5) is 0 Å². The molecule has 0 bridgehead atoms. The second-order valence-corrected chi connectivity index (χ2v) is 22.8. The van der Waals surface area contributed by atoms with E-state index in [1.165, 1.54) is 283 Å². The number of carbonyl (C=O) groups is 2. The number of amides is 1. The van der Waals surface area contributed by atoms with Crippen LogP contribution in [0.2, 0.25) is 0 Å². The molecule has 2 unspecified atom stereocenters. The lowest BCUT2D eigenvalue weighted by Gasteiger charge is -2.20. The Morgan fingerprint density at radius 3 is 0.959 bits per heavy atom. The van der Waals surface area contributed by atoms with Gasteiger partial charge in [0.25, 0.3) is 0 Å². The van der Waals surface area contributed by atoms with E-state index in [0.29, 0.717) is 19.4 Å². The highest BCUT2D eigenvalue weighted by Gasteiger charge is 2.18. The molecule has 0 rings (SSSR count). The summed E-state index contributed by atoms with van der Waals surface area (Å²) in [4.78, 5) is 24.6. The highest BCUT2D eigenvalue weighted by molar-refractivity contribution is 5.76. The summed E-state index contributed by atoms with van der Waals surface area (Å²) in [5.74, 6) is -0.0688. The molecule has 436 valence electrons. The molecule has 0 fully saturated rings. The maximum absolute atomic E-state index is 12.5. The van der Waals surface area contributed by atoms with E-state index in [9.17, 15) is 19.8 Å². The van der Waals surface area contributed by atoms with Crippen LogP contribution in [0, 0.1) is 0 Å². The summed E-state index contributed by atoms with van der Waals surface area (Å²) < 4.78 is 5.50. The maximum Gasteiger partial charge on any atom is 0.305 e. The predicted molar refractivity (Wildman–Crippen MR) is 324 cm³/mol. The third-order valence-electron chi connectivity index (χ3n) is 15.4. The summed E-state index contributed by atoms with van der Waals surface area (Å²) in [7, 11) is 0. The van der Waals surface area contributed by atoms with E-state index < -0.39 is 12.1 Å². The second-order valence-electron chi connectivity index (χ2n) is 22.8. The van der Waals surface area contributed by atoms with Gasteiger partial charge in [-0.05, 0) is 83.5 Å². The van der Waals surface area contributed by atoms with Gasteiger partial charge in [-0.15, -0.1) is 0 Å². The average Bonchev–Trinajstić information content (AvgIpc) is 3.40. The van der Waals surface area contributed by atoms with Crippen molar-refractivity contribution in [2.75, 3.05) is 13.2 Å². The van der Waals surface area contributed by atoms with E-state index in [1.807, 2.05) is 6.08 Å². The van der Waals surface area contributed by atoms with Crippen molar-refractivity contribution in [3.63, 3.8) is 0 Å². The second kappa shape index (κ2) is 63.6.